The maximum atomic E-state index is 12.7. The largest absolute Gasteiger partial charge is 0.253 e. The maximum Gasteiger partial charge on any atom is 0.123 e. The fourth-order valence-electron chi connectivity index (χ4n) is 1.57. The van der Waals surface area contributed by atoms with Crippen molar-refractivity contribution < 1.29 is 4.39 Å². The summed E-state index contributed by atoms with van der Waals surface area (Å²) in [5, 5.41) is 0. The van der Waals surface area contributed by atoms with Crippen LogP contribution in [-0.4, -0.2) is 5.71 Å². The first-order chi connectivity index (χ1) is 8.15. The SMILES string of the molecule is CC(=Nc1ccc(F)cc1)c1ccc(C)cc1. The number of hydrogen-bond acceptors (Lipinski definition) is 1. The summed E-state index contributed by atoms with van der Waals surface area (Å²) >= 11 is 0. The van der Waals surface area contributed by atoms with Gasteiger partial charge in [-0.3, -0.25) is 4.99 Å². The van der Waals surface area contributed by atoms with Gasteiger partial charge in [0.1, 0.15) is 5.82 Å². The van der Waals surface area contributed by atoms with Gasteiger partial charge in [-0.1, -0.05) is 29.8 Å². The third kappa shape index (κ3) is 3.00. The van der Waals surface area contributed by atoms with Crippen LogP contribution in [0.2, 0.25) is 0 Å². The minimum absolute atomic E-state index is 0.239. The van der Waals surface area contributed by atoms with Crippen LogP contribution in [0.1, 0.15) is 18.1 Å². The van der Waals surface area contributed by atoms with Gasteiger partial charge in [0.25, 0.3) is 0 Å². The number of hydrogen-bond donors (Lipinski definition) is 0. The predicted molar refractivity (Wildman–Crippen MR) is 69.5 cm³/mol. The summed E-state index contributed by atoms with van der Waals surface area (Å²) < 4.78 is 12.7. The van der Waals surface area contributed by atoms with Crippen LogP contribution < -0.4 is 0 Å². The minimum atomic E-state index is -0.239. The Hall–Kier alpha value is -1.96. The van der Waals surface area contributed by atoms with E-state index in [2.05, 4.69) is 24.0 Å². The molecule has 86 valence electrons. The molecule has 0 bridgehead atoms. The van der Waals surface area contributed by atoms with Crippen molar-refractivity contribution in [3.63, 3.8) is 0 Å². The molecule has 0 aliphatic heterocycles. The van der Waals surface area contributed by atoms with Gasteiger partial charge in [-0.2, -0.15) is 0 Å². The van der Waals surface area contributed by atoms with Crippen LogP contribution in [0.5, 0.6) is 0 Å². The molecule has 0 saturated heterocycles. The Balaban J connectivity index is 2.27. The molecule has 0 aromatic heterocycles. The molecule has 1 nitrogen and oxygen atoms in total. The van der Waals surface area contributed by atoms with E-state index >= 15 is 0 Å². The molecule has 0 aliphatic rings. The van der Waals surface area contributed by atoms with E-state index in [0.717, 1.165) is 17.0 Å². The molecule has 0 radical (unpaired) electrons. The average molecular weight is 227 g/mol. The zero-order chi connectivity index (χ0) is 12.3. The second kappa shape index (κ2) is 4.91. The van der Waals surface area contributed by atoms with Gasteiger partial charge >= 0.3 is 0 Å². The highest BCUT2D eigenvalue weighted by molar-refractivity contribution is 6.00. The zero-order valence-corrected chi connectivity index (χ0v) is 9.94. The summed E-state index contributed by atoms with van der Waals surface area (Å²) in [5.74, 6) is -0.239. The summed E-state index contributed by atoms with van der Waals surface area (Å²) in [6.45, 7) is 4.00. The van der Waals surface area contributed by atoms with Crippen LogP contribution in [0.4, 0.5) is 10.1 Å². The minimum Gasteiger partial charge on any atom is -0.253 e. The molecule has 0 atom stereocenters. The summed E-state index contributed by atoms with van der Waals surface area (Å²) in [7, 11) is 0. The van der Waals surface area contributed by atoms with E-state index in [-0.39, 0.29) is 5.82 Å². The van der Waals surface area contributed by atoms with Crippen LogP contribution in [0.15, 0.2) is 53.5 Å². The van der Waals surface area contributed by atoms with Gasteiger partial charge in [-0.25, -0.2) is 4.39 Å². The number of aryl methyl sites for hydroxylation is 1. The van der Waals surface area contributed by atoms with Crippen molar-refractivity contribution in [2.75, 3.05) is 0 Å². The van der Waals surface area contributed by atoms with Gasteiger partial charge < -0.3 is 0 Å². The number of aliphatic imine (C=N–C) groups is 1. The van der Waals surface area contributed by atoms with Crippen LogP contribution in [0, 0.1) is 12.7 Å². The summed E-state index contributed by atoms with van der Waals surface area (Å²) in [5.41, 5.74) is 4.00. The van der Waals surface area contributed by atoms with Gasteiger partial charge in [-0.15, -0.1) is 0 Å². The quantitative estimate of drug-likeness (QED) is 0.679. The smallest absolute Gasteiger partial charge is 0.123 e. The first-order valence-electron chi connectivity index (χ1n) is 5.53. The molecule has 2 aromatic rings. The number of halogens is 1. The maximum absolute atomic E-state index is 12.7. The molecule has 2 aromatic carbocycles. The van der Waals surface area contributed by atoms with Crippen molar-refractivity contribution in [1.82, 2.24) is 0 Å². The topological polar surface area (TPSA) is 12.4 Å². The van der Waals surface area contributed by atoms with Gasteiger partial charge in [0.05, 0.1) is 5.69 Å². The Morgan fingerprint density at radius 1 is 0.941 bits per heavy atom. The fraction of sp³-hybridized carbons (Fsp3) is 0.133. The lowest BCUT2D eigenvalue weighted by molar-refractivity contribution is 0.628. The third-order valence-electron chi connectivity index (χ3n) is 2.59. The molecule has 2 rings (SSSR count). The molecule has 0 N–H and O–H groups in total. The van der Waals surface area contributed by atoms with Crippen LogP contribution >= 0.6 is 0 Å². The summed E-state index contributed by atoms with van der Waals surface area (Å²) in [6, 6.07) is 14.4. The van der Waals surface area contributed by atoms with Crippen LogP contribution in [0.3, 0.4) is 0 Å². The molecule has 0 aliphatic carbocycles. The normalized spacial score (nSPS) is 11.6. The zero-order valence-electron chi connectivity index (χ0n) is 9.94. The van der Waals surface area contributed by atoms with E-state index in [1.165, 1.54) is 17.7 Å². The Labute approximate surface area is 101 Å². The Bertz CT molecular complexity index is 524. The van der Waals surface area contributed by atoms with Crippen molar-refractivity contribution in [2.45, 2.75) is 13.8 Å². The van der Waals surface area contributed by atoms with E-state index in [1.54, 1.807) is 12.1 Å². The van der Waals surface area contributed by atoms with Crippen LogP contribution in [-0.2, 0) is 0 Å². The van der Waals surface area contributed by atoms with Crippen molar-refractivity contribution in [1.29, 1.82) is 0 Å². The van der Waals surface area contributed by atoms with E-state index < -0.39 is 0 Å². The second-order valence-corrected chi connectivity index (χ2v) is 4.04. The molecular formula is C15H14FN. The fourth-order valence-corrected chi connectivity index (χ4v) is 1.57. The molecular weight excluding hydrogens is 213 g/mol. The molecule has 0 unspecified atom stereocenters. The summed E-state index contributed by atoms with van der Waals surface area (Å²) in [4.78, 5) is 4.45. The van der Waals surface area contributed by atoms with Crippen molar-refractivity contribution >= 4 is 11.4 Å². The number of nitrogens with zero attached hydrogens (tertiary/aromatic N) is 1. The Kier molecular flexibility index (Phi) is 3.33. The highest BCUT2D eigenvalue weighted by Gasteiger charge is 1.97. The van der Waals surface area contributed by atoms with Gasteiger partial charge in [0.15, 0.2) is 0 Å². The molecule has 0 saturated carbocycles. The summed E-state index contributed by atoms with van der Waals surface area (Å²) in [6.07, 6.45) is 0. The highest BCUT2D eigenvalue weighted by atomic mass is 19.1. The standard InChI is InChI=1S/C15H14FN/c1-11-3-5-13(6-4-11)12(2)17-15-9-7-14(16)8-10-15/h3-10H,1-2H3. The Morgan fingerprint density at radius 3 is 2.12 bits per heavy atom. The first-order valence-corrected chi connectivity index (χ1v) is 5.53. The van der Waals surface area contributed by atoms with Crippen LogP contribution in [0.25, 0.3) is 0 Å². The van der Waals surface area contributed by atoms with Gasteiger partial charge in [0.2, 0.25) is 0 Å². The van der Waals surface area contributed by atoms with Crippen molar-refractivity contribution in [3.8, 4) is 0 Å². The second-order valence-electron chi connectivity index (χ2n) is 4.04. The molecule has 0 amide bonds. The molecule has 0 fully saturated rings. The van der Waals surface area contributed by atoms with E-state index in [1.807, 2.05) is 19.1 Å². The monoisotopic (exact) mass is 227 g/mol. The lowest BCUT2D eigenvalue weighted by Crippen LogP contribution is -1.93. The van der Waals surface area contributed by atoms with Crippen molar-refractivity contribution in [2.24, 2.45) is 4.99 Å². The number of rotatable bonds is 2. The first kappa shape index (κ1) is 11.5. The molecule has 0 heterocycles. The highest BCUT2D eigenvalue weighted by Crippen LogP contribution is 2.15. The lowest BCUT2D eigenvalue weighted by atomic mass is 10.1. The predicted octanol–water partition coefficient (Wildman–Crippen LogP) is 4.27. The molecule has 0 spiro atoms. The molecule has 17 heavy (non-hydrogen) atoms. The van der Waals surface area contributed by atoms with E-state index in [4.69, 9.17) is 0 Å². The Morgan fingerprint density at radius 2 is 1.53 bits per heavy atom. The molecule has 2 heteroatoms. The lowest BCUT2D eigenvalue weighted by Gasteiger charge is -2.02. The third-order valence-corrected chi connectivity index (χ3v) is 2.59. The average Bonchev–Trinajstić information content (AvgIpc) is 2.33. The van der Waals surface area contributed by atoms with Crippen molar-refractivity contribution in [3.05, 3.63) is 65.5 Å². The van der Waals surface area contributed by atoms with E-state index in [0.29, 0.717) is 0 Å². The number of benzene rings is 2. The van der Waals surface area contributed by atoms with Gasteiger partial charge in [0, 0.05) is 5.71 Å². The van der Waals surface area contributed by atoms with Gasteiger partial charge in [-0.05, 0) is 43.7 Å². The van der Waals surface area contributed by atoms with E-state index in [9.17, 15) is 4.39 Å².